The summed E-state index contributed by atoms with van der Waals surface area (Å²) >= 11 is 0. The maximum atomic E-state index is 11.1. The normalized spacial score (nSPS) is 32.0. The highest BCUT2D eigenvalue weighted by atomic mass is 17.2. The maximum Gasteiger partial charge on any atom is 0.223 e. The van der Waals surface area contributed by atoms with E-state index in [1.54, 1.807) is 24.3 Å². The van der Waals surface area contributed by atoms with Gasteiger partial charge >= 0.3 is 0 Å². The second-order valence-corrected chi connectivity index (χ2v) is 6.38. The van der Waals surface area contributed by atoms with Gasteiger partial charge in [-0.15, -0.1) is 0 Å². The highest BCUT2D eigenvalue weighted by molar-refractivity contribution is 5.86. The average molecular weight is 364 g/mol. The van der Waals surface area contributed by atoms with Crippen LogP contribution in [0.5, 0.6) is 0 Å². The molecule has 7 nitrogen and oxygen atoms in total. The minimum atomic E-state index is -2.21. The topological polar surface area (TPSA) is 109 Å². The molecular weight excluding hydrogens is 340 g/mol. The maximum absolute atomic E-state index is 11.1. The van der Waals surface area contributed by atoms with E-state index in [0.29, 0.717) is 17.4 Å². The minimum Gasteiger partial charge on any atom is -0.394 e. The van der Waals surface area contributed by atoms with Crippen LogP contribution in [0.2, 0.25) is 0 Å². The van der Waals surface area contributed by atoms with Gasteiger partial charge in [-0.25, -0.2) is 9.78 Å². The van der Waals surface area contributed by atoms with E-state index in [-0.39, 0.29) is 6.61 Å². The predicted molar refractivity (Wildman–Crippen MR) is 92.9 cm³/mol. The summed E-state index contributed by atoms with van der Waals surface area (Å²) in [6.45, 7) is 1.64. The first kappa shape index (κ1) is 19.2. The Balaban J connectivity index is 1.96. The second-order valence-electron chi connectivity index (χ2n) is 6.38. The summed E-state index contributed by atoms with van der Waals surface area (Å²) in [6, 6.07) is 12.5. The molecule has 1 heterocycles. The Bertz CT molecular complexity index is 729. The Hall–Kier alpha value is -1.58. The lowest BCUT2D eigenvalue weighted by Gasteiger charge is -2.46. The van der Waals surface area contributed by atoms with Gasteiger partial charge in [0.05, 0.1) is 13.2 Å². The van der Waals surface area contributed by atoms with Crippen molar-refractivity contribution in [3.8, 4) is 0 Å². The van der Waals surface area contributed by atoms with Crippen LogP contribution in [0.15, 0.2) is 42.5 Å². The number of ether oxygens (including phenoxy) is 1. The van der Waals surface area contributed by atoms with Gasteiger partial charge in [0.2, 0.25) is 5.79 Å². The molecule has 4 N–H and O–H groups in total. The average Bonchev–Trinajstić information content (AvgIpc) is 2.67. The Morgan fingerprint density at radius 2 is 1.85 bits per heavy atom. The van der Waals surface area contributed by atoms with Gasteiger partial charge in [0.15, 0.2) is 0 Å². The summed E-state index contributed by atoms with van der Waals surface area (Å²) in [4.78, 5) is 10.1. The molecule has 3 rings (SSSR count). The first-order chi connectivity index (χ1) is 12.5. The first-order valence-electron chi connectivity index (χ1n) is 8.66. The van der Waals surface area contributed by atoms with E-state index < -0.39 is 36.8 Å². The van der Waals surface area contributed by atoms with Crippen molar-refractivity contribution in [1.82, 2.24) is 0 Å². The van der Waals surface area contributed by atoms with Gasteiger partial charge in [-0.1, -0.05) is 49.4 Å². The molecule has 0 bridgehead atoms. The zero-order valence-electron chi connectivity index (χ0n) is 14.5. The molecule has 2 aromatic carbocycles. The molecule has 0 unspecified atom stereocenters. The van der Waals surface area contributed by atoms with Gasteiger partial charge in [-0.05, 0) is 17.2 Å². The molecule has 5 atom stereocenters. The second kappa shape index (κ2) is 7.98. The lowest BCUT2D eigenvalue weighted by atomic mass is 9.86. The smallest absolute Gasteiger partial charge is 0.223 e. The molecule has 0 radical (unpaired) electrons. The van der Waals surface area contributed by atoms with E-state index in [9.17, 15) is 20.4 Å². The van der Waals surface area contributed by atoms with E-state index in [0.717, 1.165) is 5.39 Å². The lowest BCUT2D eigenvalue weighted by Crippen LogP contribution is -2.64. The molecule has 142 valence electrons. The predicted octanol–water partition coefficient (Wildman–Crippen LogP) is 0.825. The van der Waals surface area contributed by atoms with Crippen molar-refractivity contribution in [2.45, 2.75) is 43.5 Å². The Labute approximate surface area is 151 Å². The van der Waals surface area contributed by atoms with Gasteiger partial charge in [0.1, 0.15) is 24.4 Å². The highest BCUT2D eigenvalue weighted by Crippen LogP contribution is 2.40. The third kappa shape index (κ3) is 3.35. The Morgan fingerprint density at radius 3 is 2.58 bits per heavy atom. The molecule has 1 fully saturated rings. The molecule has 1 aliphatic rings. The number of rotatable bonds is 6. The molecule has 1 aliphatic heterocycles. The quantitative estimate of drug-likeness (QED) is 0.341. The number of aliphatic hydroxyl groups is 4. The fourth-order valence-electron chi connectivity index (χ4n) is 3.23. The third-order valence-corrected chi connectivity index (χ3v) is 4.58. The Kier molecular flexibility index (Phi) is 5.89. The molecule has 7 heteroatoms. The highest BCUT2D eigenvalue weighted by Gasteiger charge is 2.55. The van der Waals surface area contributed by atoms with E-state index in [1.165, 1.54) is 0 Å². The summed E-state index contributed by atoms with van der Waals surface area (Å²) in [5, 5.41) is 43.4. The van der Waals surface area contributed by atoms with Crippen molar-refractivity contribution in [2.75, 3.05) is 13.2 Å². The minimum absolute atomic E-state index is 0.283. The van der Waals surface area contributed by atoms with Crippen molar-refractivity contribution >= 4 is 10.8 Å². The van der Waals surface area contributed by atoms with Crippen LogP contribution in [0.4, 0.5) is 0 Å². The molecular formula is C19H24O7. The SMILES string of the molecule is CCCOO[C@@H]1[C@H](O)[C@@H](O)[C@@](O)(c2cccc3ccccc23)O[C@@H]1CO. The van der Waals surface area contributed by atoms with Gasteiger partial charge in [-0.2, -0.15) is 0 Å². The molecule has 1 saturated heterocycles. The van der Waals surface area contributed by atoms with Crippen molar-refractivity contribution in [2.24, 2.45) is 0 Å². The molecule has 0 aromatic heterocycles. The number of benzene rings is 2. The Morgan fingerprint density at radius 1 is 1.12 bits per heavy atom. The monoisotopic (exact) mass is 364 g/mol. The molecule has 26 heavy (non-hydrogen) atoms. The lowest BCUT2D eigenvalue weighted by molar-refractivity contribution is -0.420. The zero-order valence-corrected chi connectivity index (χ0v) is 14.5. The molecule has 2 aromatic rings. The zero-order chi connectivity index (χ0) is 18.7. The van der Waals surface area contributed by atoms with Crippen molar-refractivity contribution in [1.29, 1.82) is 0 Å². The largest absolute Gasteiger partial charge is 0.394 e. The van der Waals surface area contributed by atoms with Crippen molar-refractivity contribution in [3.05, 3.63) is 48.0 Å². The van der Waals surface area contributed by atoms with Gasteiger partial charge in [0.25, 0.3) is 0 Å². The summed E-state index contributed by atoms with van der Waals surface area (Å²) in [5.74, 6) is -2.21. The van der Waals surface area contributed by atoms with E-state index in [4.69, 9.17) is 14.5 Å². The fourth-order valence-corrected chi connectivity index (χ4v) is 3.23. The number of aliphatic hydroxyl groups excluding tert-OH is 3. The van der Waals surface area contributed by atoms with Gasteiger partial charge in [-0.3, -0.25) is 0 Å². The first-order valence-corrected chi connectivity index (χ1v) is 8.66. The van der Waals surface area contributed by atoms with Crippen LogP contribution in [-0.4, -0.2) is 58.1 Å². The summed E-state index contributed by atoms with van der Waals surface area (Å²) in [7, 11) is 0. The van der Waals surface area contributed by atoms with Crippen LogP contribution >= 0.6 is 0 Å². The summed E-state index contributed by atoms with van der Waals surface area (Å²) in [6.07, 6.45) is -4.77. The van der Waals surface area contributed by atoms with Crippen LogP contribution in [0.25, 0.3) is 10.8 Å². The van der Waals surface area contributed by atoms with Crippen LogP contribution in [0.3, 0.4) is 0 Å². The molecule has 0 aliphatic carbocycles. The number of hydrogen-bond donors (Lipinski definition) is 4. The van der Waals surface area contributed by atoms with Crippen LogP contribution in [0.1, 0.15) is 18.9 Å². The van der Waals surface area contributed by atoms with Crippen molar-refractivity contribution in [3.63, 3.8) is 0 Å². The van der Waals surface area contributed by atoms with E-state index in [2.05, 4.69) is 0 Å². The standard InChI is InChI=1S/C19H24O7/c1-2-10-24-26-17-15(11-20)25-19(23,18(22)16(17)21)14-9-5-7-12-6-3-4-8-13(12)14/h3-9,15-18,20-23H,2,10-11H2,1H3/t15-,16+,17+,18-,19-/m1/s1. The van der Waals surface area contributed by atoms with E-state index >= 15 is 0 Å². The fraction of sp³-hybridized carbons (Fsp3) is 0.474. The van der Waals surface area contributed by atoms with E-state index in [1.807, 2.05) is 25.1 Å². The summed E-state index contributed by atoms with van der Waals surface area (Å²) in [5.41, 5.74) is 0.300. The van der Waals surface area contributed by atoms with Crippen LogP contribution in [-0.2, 0) is 20.3 Å². The van der Waals surface area contributed by atoms with Crippen LogP contribution in [0, 0.1) is 0 Å². The molecule has 0 spiro atoms. The van der Waals surface area contributed by atoms with Gasteiger partial charge in [0, 0.05) is 5.56 Å². The number of hydrogen-bond acceptors (Lipinski definition) is 7. The molecule has 0 saturated carbocycles. The van der Waals surface area contributed by atoms with Crippen molar-refractivity contribution < 1.29 is 34.9 Å². The van der Waals surface area contributed by atoms with Gasteiger partial charge < -0.3 is 25.2 Å². The number of fused-ring (bicyclic) bond motifs is 1. The third-order valence-electron chi connectivity index (χ3n) is 4.58. The van der Waals surface area contributed by atoms with Crippen LogP contribution < -0.4 is 0 Å². The summed E-state index contributed by atoms with van der Waals surface area (Å²) < 4.78 is 5.63. The molecule has 0 amide bonds.